The maximum absolute atomic E-state index is 13.6. The molecule has 3 aromatic rings. The molecule has 4 rings (SSSR count). The van der Waals surface area contributed by atoms with Gasteiger partial charge in [-0.25, -0.2) is 0 Å². The van der Waals surface area contributed by atoms with Crippen molar-refractivity contribution in [2.24, 2.45) is 7.05 Å². The van der Waals surface area contributed by atoms with Gasteiger partial charge in [0.25, 0.3) is 0 Å². The second kappa shape index (κ2) is 8.99. The van der Waals surface area contributed by atoms with E-state index < -0.39 is 5.41 Å². The molecule has 0 atom stereocenters. The van der Waals surface area contributed by atoms with Gasteiger partial charge in [0.2, 0.25) is 0 Å². The third-order valence-electron chi connectivity index (χ3n) is 6.57. The Labute approximate surface area is 193 Å². The molecule has 0 saturated carbocycles. The summed E-state index contributed by atoms with van der Waals surface area (Å²) < 4.78 is 8.00. The Kier molecular flexibility index (Phi) is 6.26. The first-order chi connectivity index (χ1) is 15.8. The number of benzene rings is 2. The van der Waals surface area contributed by atoms with Crippen LogP contribution in [0.1, 0.15) is 46.6 Å². The van der Waals surface area contributed by atoms with Gasteiger partial charge >= 0.3 is 0 Å². The monoisotopic (exact) mass is 447 g/mol. The number of aromatic nitrogens is 1. The molecule has 2 N–H and O–H groups in total. The van der Waals surface area contributed by atoms with Crippen LogP contribution >= 0.6 is 0 Å². The normalized spacial score (nSPS) is 14.3. The molecule has 2 aromatic carbocycles. The molecule has 1 aliphatic carbocycles. The van der Waals surface area contributed by atoms with Crippen LogP contribution in [-0.2, 0) is 12.5 Å². The number of nitriles is 1. The van der Waals surface area contributed by atoms with Gasteiger partial charge in [0.05, 0.1) is 35.9 Å². The van der Waals surface area contributed by atoms with E-state index in [9.17, 15) is 10.1 Å². The van der Waals surface area contributed by atoms with Crippen LogP contribution in [-0.4, -0.2) is 64.9 Å². The molecule has 7 heteroatoms. The Morgan fingerprint density at radius 1 is 1.09 bits per heavy atom. The van der Waals surface area contributed by atoms with E-state index in [4.69, 9.17) is 14.9 Å². The van der Waals surface area contributed by atoms with Crippen molar-refractivity contribution in [1.29, 1.82) is 5.26 Å². The topological polar surface area (TPSA) is 98.7 Å². The summed E-state index contributed by atoms with van der Waals surface area (Å²) in [6.45, 7) is 6.21. The summed E-state index contributed by atoms with van der Waals surface area (Å²) in [5, 5.41) is 28.5. The first kappa shape index (κ1) is 23.0. The highest BCUT2D eigenvalue weighted by Gasteiger charge is 2.41. The van der Waals surface area contributed by atoms with E-state index in [0.717, 1.165) is 22.2 Å². The van der Waals surface area contributed by atoms with Crippen LogP contribution in [0.25, 0.3) is 10.9 Å². The van der Waals surface area contributed by atoms with Crippen LogP contribution in [0.4, 0.5) is 0 Å². The number of aliphatic hydroxyl groups excluding tert-OH is 2. The molecule has 0 saturated heterocycles. The third-order valence-corrected chi connectivity index (χ3v) is 6.57. The van der Waals surface area contributed by atoms with Gasteiger partial charge in [0.15, 0.2) is 5.78 Å². The van der Waals surface area contributed by atoms with Crippen molar-refractivity contribution in [3.63, 3.8) is 0 Å². The number of ether oxygens (including phenoxy) is 1. The number of ketones is 1. The van der Waals surface area contributed by atoms with Crippen molar-refractivity contribution >= 4 is 16.7 Å². The lowest BCUT2D eigenvalue weighted by atomic mass is 9.71. The predicted molar refractivity (Wildman–Crippen MR) is 126 cm³/mol. The van der Waals surface area contributed by atoms with Crippen LogP contribution in [0.5, 0.6) is 5.75 Å². The SMILES string of the molecule is Cn1c2c(c3ccc(C#N)cc31)C(=O)c1ccc(OCCN(CCO)CCO)cc1C2(C)C. The molecule has 172 valence electrons. The smallest absolute Gasteiger partial charge is 0.195 e. The van der Waals surface area contributed by atoms with Crippen molar-refractivity contribution in [3.05, 3.63) is 64.3 Å². The Morgan fingerprint density at radius 2 is 1.82 bits per heavy atom. The molecule has 0 aliphatic heterocycles. The molecular weight excluding hydrogens is 418 g/mol. The Bertz CT molecular complexity index is 1250. The molecule has 0 spiro atoms. The lowest BCUT2D eigenvalue weighted by molar-refractivity contribution is 0.103. The molecule has 0 bridgehead atoms. The lowest BCUT2D eigenvalue weighted by Gasteiger charge is -2.34. The maximum Gasteiger partial charge on any atom is 0.195 e. The average molecular weight is 448 g/mol. The molecule has 1 aromatic heterocycles. The van der Waals surface area contributed by atoms with Gasteiger partial charge in [-0.15, -0.1) is 0 Å². The first-order valence-corrected chi connectivity index (χ1v) is 11.1. The number of carbonyl (C=O) groups excluding carboxylic acids is 1. The van der Waals surface area contributed by atoms with Gasteiger partial charge in [-0.2, -0.15) is 5.26 Å². The lowest BCUT2D eigenvalue weighted by Crippen LogP contribution is -2.34. The zero-order valence-electron chi connectivity index (χ0n) is 19.3. The van der Waals surface area contributed by atoms with Gasteiger partial charge in [0, 0.05) is 48.7 Å². The van der Waals surface area contributed by atoms with E-state index in [1.807, 2.05) is 46.8 Å². The molecule has 1 heterocycles. The maximum atomic E-state index is 13.6. The number of fused-ring (bicyclic) bond motifs is 4. The van der Waals surface area contributed by atoms with Crippen molar-refractivity contribution in [1.82, 2.24) is 9.47 Å². The Hall–Kier alpha value is -3.18. The van der Waals surface area contributed by atoms with Gasteiger partial charge < -0.3 is 19.5 Å². The molecule has 7 nitrogen and oxygen atoms in total. The van der Waals surface area contributed by atoms with E-state index in [1.165, 1.54) is 0 Å². The molecule has 0 radical (unpaired) electrons. The molecule has 0 amide bonds. The number of carbonyl (C=O) groups is 1. The average Bonchev–Trinajstić information content (AvgIpc) is 3.11. The summed E-state index contributed by atoms with van der Waals surface area (Å²) in [7, 11) is 1.94. The summed E-state index contributed by atoms with van der Waals surface area (Å²) in [6.07, 6.45) is 0. The quantitative estimate of drug-likeness (QED) is 0.551. The van der Waals surface area contributed by atoms with Crippen molar-refractivity contribution < 1.29 is 19.7 Å². The second-order valence-corrected chi connectivity index (χ2v) is 8.93. The van der Waals surface area contributed by atoms with E-state index >= 15 is 0 Å². The molecule has 0 fully saturated rings. The third kappa shape index (κ3) is 3.91. The highest BCUT2D eigenvalue weighted by atomic mass is 16.5. The van der Waals surface area contributed by atoms with E-state index in [0.29, 0.717) is 48.7 Å². The van der Waals surface area contributed by atoms with Gasteiger partial charge in [-0.05, 0) is 35.9 Å². The number of aryl methyl sites for hydroxylation is 1. The van der Waals surface area contributed by atoms with E-state index in [-0.39, 0.29) is 19.0 Å². The van der Waals surface area contributed by atoms with Gasteiger partial charge in [-0.3, -0.25) is 9.69 Å². The summed E-state index contributed by atoms with van der Waals surface area (Å²) >= 11 is 0. The minimum absolute atomic E-state index is 0.0155. The van der Waals surface area contributed by atoms with Crippen LogP contribution in [0.2, 0.25) is 0 Å². The fourth-order valence-electron chi connectivity index (χ4n) is 4.97. The van der Waals surface area contributed by atoms with Crippen molar-refractivity contribution in [2.75, 3.05) is 39.5 Å². The van der Waals surface area contributed by atoms with E-state index in [1.54, 1.807) is 6.07 Å². The fraction of sp³-hybridized carbons (Fsp3) is 0.385. The van der Waals surface area contributed by atoms with E-state index in [2.05, 4.69) is 19.9 Å². The zero-order valence-corrected chi connectivity index (χ0v) is 19.3. The first-order valence-electron chi connectivity index (χ1n) is 11.1. The summed E-state index contributed by atoms with van der Waals surface area (Å²) in [5.74, 6) is 0.662. The van der Waals surface area contributed by atoms with Crippen LogP contribution in [0.3, 0.4) is 0 Å². The minimum Gasteiger partial charge on any atom is -0.492 e. The predicted octanol–water partition coefficient (Wildman–Crippen LogP) is 2.59. The second-order valence-electron chi connectivity index (χ2n) is 8.93. The molecule has 1 aliphatic rings. The highest BCUT2D eigenvalue weighted by molar-refractivity contribution is 6.20. The van der Waals surface area contributed by atoms with Crippen LogP contribution in [0.15, 0.2) is 36.4 Å². The molecule has 0 unspecified atom stereocenters. The summed E-state index contributed by atoms with van der Waals surface area (Å²) in [4.78, 5) is 15.5. The Balaban J connectivity index is 1.68. The number of rotatable bonds is 8. The molecular formula is C26H29N3O4. The molecule has 33 heavy (non-hydrogen) atoms. The number of aliphatic hydroxyl groups is 2. The highest BCUT2D eigenvalue weighted by Crippen LogP contribution is 2.46. The summed E-state index contributed by atoms with van der Waals surface area (Å²) in [5.41, 5.74) is 4.20. The van der Waals surface area contributed by atoms with Crippen molar-refractivity contribution in [2.45, 2.75) is 19.3 Å². The largest absolute Gasteiger partial charge is 0.492 e. The number of hydrogen-bond acceptors (Lipinski definition) is 6. The van der Waals surface area contributed by atoms with Crippen molar-refractivity contribution in [3.8, 4) is 11.8 Å². The minimum atomic E-state index is -0.446. The van der Waals surface area contributed by atoms with Gasteiger partial charge in [0.1, 0.15) is 12.4 Å². The van der Waals surface area contributed by atoms with Crippen LogP contribution in [0, 0.1) is 11.3 Å². The standard InChI is InChI=1S/C26H29N3O4/c1-26(2)21-15-18(33-13-10-29(8-11-30)9-12-31)5-7-19(21)24(32)23-20-6-4-17(16-27)14-22(20)28(3)25(23)26/h4-7,14-15,30-31H,8-13H2,1-3H3. The Morgan fingerprint density at radius 3 is 2.48 bits per heavy atom. The number of hydrogen-bond donors (Lipinski definition) is 2. The van der Waals surface area contributed by atoms with Gasteiger partial charge in [-0.1, -0.05) is 19.9 Å². The van der Waals surface area contributed by atoms with Crippen LogP contribution < -0.4 is 4.74 Å². The summed E-state index contributed by atoms with van der Waals surface area (Å²) in [6, 6.07) is 13.2. The fourth-order valence-corrected chi connectivity index (χ4v) is 4.97. The number of nitrogens with zero attached hydrogens (tertiary/aromatic N) is 3. The zero-order chi connectivity index (χ0) is 23.8.